The number of hydrogen-bond donors (Lipinski definition) is 0. The van der Waals surface area contributed by atoms with Crippen LogP contribution in [0.2, 0.25) is 0 Å². The maximum Gasteiger partial charge on any atom is 0.247 e. The molecule has 1 saturated carbocycles. The molecule has 0 unspecified atom stereocenters. The molecule has 0 N–H and O–H groups in total. The zero-order valence-corrected chi connectivity index (χ0v) is 22.1. The van der Waals surface area contributed by atoms with E-state index in [0.717, 1.165) is 48.6 Å². The quantitative estimate of drug-likeness (QED) is 0.471. The molecule has 2 spiro atoms. The molecular formula is C30H31N3O5. The summed E-state index contributed by atoms with van der Waals surface area (Å²) in [5.41, 5.74) is 2.48. The second-order valence-electron chi connectivity index (χ2n) is 11.4. The van der Waals surface area contributed by atoms with Crippen molar-refractivity contribution in [3.05, 3.63) is 65.6 Å². The highest BCUT2D eigenvalue weighted by atomic mass is 16.6. The van der Waals surface area contributed by atoms with Crippen LogP contribution in [0.5, 0.6) is 17.2 Å². The Bertz CT molecular complexity index is 1480. The van der Waals surface area contributed by atoms with Crippen LogP contribution in [0.1, 0.15) is 35.8 Å². The number of rotatable bonds is 5. The first-order valence-corrected chi connectivity index (χ1v) is 13.3. The van der Waals surface area contributed by atoms with Gasteiger partial charge in [-0.15, -0.1) is 10.2 Å². The molecule has 4 bridgehead atoms. The van der Waals surface area contributed by atoms with Crippen molar-refractivity contribution in [3.63, 3.8) is 0 Å². The van der Waals surface area contributed by atoms with Crippen LogP contribution in [0.4, 0.5) is 0 Å². The predicted octanol–water partition coefficient (Wildman–Crippen LogP) is 4.14. The Hall–Kier alpha value is -3.36. The Balaban J connectivity index is 1.30. The number of aromatic nitrogens is 2. The van der Waals surface area contributed by atoms with E-state index in [-0.39, 0.29) is 22.9 Å². The Morgan fingerprint density at radius 1 is 1.00 bits per heavy atom. The molecule has 8 heteroatoms. The van der Waals surface area contributed by atoms with E-state index in [0.29, 0.717) is 17.8 Å². The molecule has 2 fully saturated rings. The predicted molar refractivity (Wildman–Crippen MR) is 139 cm³/mol. The number of hydrogen-bond acceptors (Lipinski definition) is 8. The SMILES string of the molecule is COc1ccc(-c2nnc([C@@H]3C[C@@]45C=C[C@]3(OC)[C@H]3Oc6c(OC)ccc7c6[C@@]34CCN(C)[C@@H]5C7)o2)cc1. The highest BCUT2D eigenvalue weighted by Crippen LogP contribution is 2.75. The van der Waals surface area contributed by atoms with Crippen LogP contribution in [0.3, 0.4) is 0 Å². The summed E-state index contributed by atoms with van der Waals surface area (Å²) in [6.45, 7) is 1.02. The number of methoxy groups -OCH3 is 3. The van der Waals surface area contributed by atoms with Crippen LogP contribution in [0.25, 0.3) is 11.5 Å². The average molecular weight is 514 g/mol. The third-order valence-corrected chi connectivity index (χ3v) is 10.4. The molecule has 3 aromatic rings. The van der Waals surface area contributed by atoms with E-state index < -0.39 is 5.60 Å². The van der Waals surface area contributed by atoms with Gasteiger partial charge in [-0.25, -0.2) is 0 Å². The van der Waals surface area contributed by atoms with E-state index in [2.05, 4.69) is 46.4 Å². The molecule has 0 amide bonds. The van der Waals surface area contributed by atoms with Gasteiger partial charge in [-0.3, -0.25) is 0 Å². The van der Waals surface area contributed by atoms with Gasteiger partial charge >= 0.3 is 0 Å². The van der Waals surface area contributed by atoms with Crippen LogP contribution >= 0.6 is 0 Å². The molecule has 38 heavy (non-hydrogen) atoms. The molecule has 9 rings (SSSR count). The Morgan fingerprint density at radius 2 is 1.84 bits per heavy atom. The number of fused-ring (bicyclic) bond motifs is 1. The first-order chi connectivity index (χ1) is 18.5. The van der Waals surface area contributed by atoms with Gasteiger partial charge in [0.2, 0.25) is 11.8 Å². The standard InChI is InChI=1S/C30H31N3O5/c1-33-14-13-29-23-18-7-10-21(35-3)24(23)37-27(29)30(36-4)12-11-28(29,22(33)15-18)16-20(30)26-32-31-25(38-26)17-5-8-19(34-2)9-6-17/h5-12,20,22,27H,13-16H2,1-4H3/t20-,22+,27-,28+,29-,30+/m0/s1. The van der Waals surface area contributed by atoms with E-state index >= 15 is 0 Å². The molecule has 8 nitrogen and oxygen atoms in total. The van der Waals surface area contributed by atoms with Crippen molar-refractivity contribution in [2.24, 2.45) is 5.41 Å². The summed E-state index contributed by atoms with van der Waals surface area (Å²) in [5.74, 6) is 3.40. The lowest BCUT2D eigenvalue weighted by Crippen LogP contribution is -2.78. The molecule has 3 heterocycles. The van der Waals surface area contributed by atoms with E-state index in [1.165, 1.54) is 11.1 Å². The van der Waals surface area contributed by atoms with Gasteiger partial charge in [-0.05, 0) is 68.8 Å². The van der Waals surface area contributed by atoms with E-state index in [1.54, 1.807) is 21.3 Å². The fourth-order valence-corrected chi connectivity index (χ4v) is 8.71. The zero-order valence-electron chi connectivity index (χ0n) is 22.1. The first kappa shape index (κ1) is 22.6. The van der Waals surface area contributed by atoms with Gasteiger partial charge in [-0.1, -0.05) is 18.2 Å². The second kappa shape index (κ2) is 7.39. The minimum absolute atomic E-state index is 0.144. The summed E-state index contributed by atoms with van der Waals surface area (Å²) in [5, 5.41) is 9.06. The molecule has 1 saturated heterocycles. The van der Waals surface area contributed by atoms with Crippen LogP contribution in [0.15, 0.2) is 53.0 Å². The maximum absolute atomic E-state index is 7.00. The first-order valence-electron chi connectivity index (χ1n) is 13.3. The summed E-state index contributed by atoms with van der Waals surface area (Å²) < 4.78 is 31.1. The number of piperidine rings is 1. The normalized spacial score (nSPS) is 35.6. The molecule has 0 radical (unpaired) electrons. The maximum atomic E-state index is 7.00. The highest BCUT2D eigenvalue weighted by molar-refractivity contribution is 5.66. The number of nitrogens with zero attached hydrogens (tertiary/aromatic N) is 3. The van der Waals surface area contributed by atoms with Gasteiger partial charge in [0.25, 0.3) is 0 Å². The van der Waals surface area contributed by atoms with Crippen LogP contribution in [-0.2, 0) is 16.6 Å². The molecule has 6 aliphatic rings. The van der Waals surface area contributed by atoms with Gasteiger partial charge in [0.1, 0.15) is 17.5 Å². The summed E-state index contributed by atoms with van der Waals surface area (Å²) in [7, 11) is 7.42. The third kappa shape index (κ3) is 2.40. The van der Waals surface area contributed by atoms with Crippen molar-refractivity contribution in [1.29, 1.82) is 0 Å². The van der Waals surface area contributed by atoms with Crippen LogP contribution in [-0.4, -0.2) is 67.8 Å². The third-order valence-electron chi connectivity index (χ3n) is 10.4. The van der Waals surface area contributed by atoms with Crippen molar-refractivity contribution >= 4 is 0 Å². The fraction of sp³-hybridized carbons (Fsp3) is 0.467. The largest absolute Gasteiger partial charge is 0.497 e. The van der Waals surface area contributed by atoms with Crippen LogP contribution in [0, 0.1) is 5.41 Å². The van der Waals surface area contributed by atoms with Crippen molar-refractivity contribution in [1.82, 2.24) is 15.1 Å². The lowest BCUT2D eigenvalue weighted by atomic mass is 9.37. The summed E-state index contributed by atoms with van der Waals surface area (Å²) in [6.07, 6.45) is 7.30. The van der Waals surface area contributed by atoms with E-state index in [1.807, 2.05) is 24.3 Å². The van der Waals surface area contributed by atoms with Crippen molar-refractivity contribution in [2.75, 3.05) is 34.9 Å². The molecule has 2 aliphatic heterocycles. The number of benzene rings is 2. The monoisotopic (exact) mass is 513 g/mol. The molecule has 2 aromatic carbocycles. The van der Waals surface area contributed by atoms with Gasteiger partial charge in [0.05, 0.1) is 25.6 Å². The minimum atomic E-state index is -0.745. The lowest BCUT2D eigenvalue weighted by molar-refractivity contribution is -0.200. The van der Waals surface area contributed by atoms with E-state index in [9.17, 15) is 0 Å². The lowest BCUT2D eigenvalue weighted by Gasteiger charge is -2.70. The topological polar surface area (TPSA) is 79.1 Å². The Morgan fingerprint density at radius 3 is 2.61 bits per heavy atom. The fourth-order valence-electron chi connectivity index (χ4n) is 8.71. The van der Waals surface area contributed by atoms with E-state index in [4.69, 9.17) is 23.4 Å². The van der Waals surface area contributed by atoms with Gasteiger partial charge in [0, 0.05) is 29.7 Å². The van der Waals surface area contributed by atoms with Gasteiger partial charge in [0.15, 0.2) is 11.5 Å². The average Bonchev–Trinajstić information content (AvgIpc) is 3.59. The number of ether oxygens (including phenoxy) is 4. The summed E-state index contributed by atoms with van der Waals surface area (Å²) in [6, 6.07) is 12.3. The highest BCUT2D eigenvalue weighted by Gasteiger charge is 2.79. The minimum Gasteiger partial charge on any atom is -0.497 e. The Labute approximate surface area is 221 Å². The van der Waals surface area contributed by atoms with Crippen molar-refractivity contribution in [3.8, 4) is 28.7 Å². The number of likely N-dealkylation sites (N-methyl/N-ethyl adjacent to an activating group) is 1. The summed E-state index contributed by atoms with van der Waals surface area (Å²) in [4.78, 5) is 2.54. The van der Waals surface area contributed by atoms with Crippen LogP contribution < -0.4 is 14.2 Å². The molecule has 1 aromatic heterocycles. The molecule has 4 aliphatic carbocycles. The summed E-state index contributed by atoms with van der Waals surface area (Å²) >= 11 is 0. The molecular weight excluding hydrogens is 482 g/mol. The second-order valence-corrected chi connectivity index (χ2v) is 11.4. The molecule has 6 atom stereocenters. The van der Waals surface area contributed by atoms with Crippen molar-refractivity contribution in [2.45, 2.75) is 48.3 Å². The van der Waals surface area contributed by atoms with Gasteiger partial charge in [-0.2, -0.15) is 0 Å². The zero-order chi connectivity index (χ0) is 25.9. The number of likely N-dealkylation sites (tertiary alicyclic amines) is 1. The molecule has 196 valence electrons. The van der Waals surface area contributed by atoms with Crippen molar-refractivity contribution < 1.29 is 23.4 Å². The van der Waals surface area contributed by atoms with Gasteiger partial charge < -0.3 is 28.3 Å². The smallest absolute Gasteiger partial charge is 0.247 e. The Kier molecular flexibility index (Phi) is 4.40.